The molecule has 0 saturated carbocycles. The van der Waals surface area contributed by atoms with Gasteiger partial charge >= 0.3 is 0 Å². The summed E-state index contributed by atoms with van der Waals surface area (Å²) >= 11 is 0. The van der Waals surface area contributed by atoms with Crippen molar-refractivity contribution in [3.8, 4) is 5.75 Å². The maximum Gasteiger partial charge on any atom is 0.119 e. The van der Waals surface area contributed by atoms with Gasteiger partial charge in [-0.3, -0.25) is 4.98 Å². The highest BCUT2D eigenvalue weighted by Crippen LogP contribution is 2.41. The molecule has 19 heavy (non-hydrogen) atoms. The fourth-order valence-electron chi connectivity index (χ4n) is 2.81. The van der Waals surface area contributed by atoms with Crippen LogP contribution in [0.4, 0.5) is 0 Å². The zero-order valence-electron chi connectivity index (χ0n) is 11.3. The minimum atomic E-state index is -0.440. The molecule has 1 aliphatic rings. The van der Waals surface area contributed by atoms with Crippen LogP contribution in [0.1, 0.15) is 28.8 Å². The second-order valence-corrected chi connectivity index (χ2v) is 5.18. The predicted octanol–water partition coefficient (Wildman–Crippen LogP) is 2.55. The lowest BCUT2D eigenvalue weighted by Gasteiger charge is -2.26. The standard InChI is InChI=1S/C16H18N2O/c1-11-3-5-13(10-18-11)16(17)8-7-12-4-6-14(19-2)9-15(12)16/h3-6,9-10H,7-8,17H2,1-2H3. The van der Waals surface area contributed by atoms with E-state index in [0.717, 1.165) is 35.4 Å². The number of aryl methyl sites for hydroxylation is 2. The third-order valence-electron chi connectivity index (χ3n) is 4.01. The Hall–Kier alpha value is -1.87. The van der Waals surface area contributed by atoms with Crippen LogP contribution in [0.2, 0.25) is 0 Å². The summed E-state index contributed by atoms with van der Waals surface area (Å²) in [7, 11) is 1.68. The fraction of sp³-hybridized carbons (Fsp3) is 0.312. The van der Waals surface area contributed by atoms with E-state index in [-0.39, 0.29) is 0 Å². The van der Waals surface area contributed by atoms with Gasteiger partial charge in [-0.25, -0.2) is 0 Å². The molecule has 0 amide bonds. The first-order chi connectivity index (χ1) is 9.13. The van der Waals surface area contributed by atoms with Crippen LogP contribution in [0.5, 0.6) is 5.75 Å². The molecular formula is C16H18N2O. The van der Waals surface area contributed by atoms with Gasteiger partial charge in [-0.1, -0.05) is 12.1 Å². The zero-order valence-corrected chi connectivity index (χ0v) is 11.3. The van der Waals surface area contributed by atoms with E-state index in [0.29, 0.717) is 0 Å². The molecule has 0 aliphatic heterocycles. The van der Waals surface area contributed by atoms with Gasteiger partial charge in [-0.2, -0.15) is 0 Å². The average Bonchev–Trinajstić information content (AvgIpc) is 2.78. The van der Waals surface area contributed by atoms with E-state index in [1.165, 1.54) is 5.56 Å². The van der Waals surface area contributed by atoms with Gasteiger partial charge in [0.2, 0.25) is 0 Å². The van der Waals surface area contributed by atoms with Crippen molar-refractivity contribution < 1.29 is 4.74 Å². The SMILES string of the molecule is COc1ccc2c(c1)C(N)(c1ccc(C)nc1)CC2. The molecule has 3 nitrogen and oxygen atoms in total. The van der Waals surface area contributed by atoms with Crippen LogP contribution < -0.4 is 10.5 Å². The number of fused-ring (bicyclic) bond motifs is 1. The van der Waals surface area contributed by atoms with Crippen LogP contribution in [0.3, 0.4) is 0 Å². The lowest BCUT2D eigenvalue weighted by molar-refractivity contribution is 0.413. The Labute approximate surface area is 113 Å². The summed E-state index contributed by atoms with van der Waals surface area (Å²) in [4.78, 5) is 4.37. The molecule has 1 heterocycles. The van der Waals surface area contributed by atoms with Crippen LogP contribution in [0.25, 0.3) is 0 Å². The molecule has 1 unspecified atom stereocenters. The normalized spacial score (nSPS) is 21.2. The Balaban J connectivity index is 2.11. The van der Waals surface area contributed by atoms with Crippen molar-refractivity contribution >= 4 is 0 Å². The van der Waals surface area contributed by atoms with Gasteiger partial charge in [0.25, 0.3) is 0 Å². The summed E-state index contributed by atoms with van der Waals surface area (Å²) in [6.45, 7) is 1.98. The molecule has 2 N–H and O–H groups in total. The van der Waals surface area contributed by atoms with E-state index in [4.69, 9.17) is 10.5 Å². The van der Waals surface area contributed by atoms with Gasteiger partial charge < -0.3 is 10.5 Å². The van der Waals surface area contributed by atoms with Gasteiger partial charge in [0.1, 0.15) is 5.75 Å². The number of hydrogen-bond donors (Lipinski definition) is 1. The maximum atomic E-state index is 6.67. The number of ether oxygens (including phenoxy) is 1. The molecular weight excluding hydrogens is 236 g/mol. The van der Waals surface area contributed by atoms with Crippen LogP contribution in [0, 0.1) is 6.92 Å². The van der Waals surface area contributed by atoms with Crippen molar-refractivity contribution in [2.75, 3.05) is 7.11 Å². The fourth-order valence-corrected chi connectivity index (χ4v) is 2.81. The first kappa shape index (κ1) is 12.2. The monoisotopic (exact) mass is 254 g/mol. The average molecular weight is 254 g/mol. The van der Waals surface area contributed by atoms with Crippen molar-refractivity contribution in [3.63, 3.8) is 0 Å². The lowest BCUT2D eigenvalue weighted by Crippen LogP contribution is -2.35. The largest absolute Gasteiger partial charge is 0.497 e. The third kappa shape index (κ3) is 1.90. The van der Waals surface area contributed by atoms with Gasteiger partial charge in [0, 0.05) is 11.9 Å². The van der Waals surface area contributed by atoms with E-state index in [9.17, 15) is 0 Å². The van der Waals surface area contributed by atoms with E-state index >= 15 is 0 Å². The number of benzene rings is 1. The number of aromatic nitrogens is 1. The molecule has 1 aliphatic carbocycles. The quantitative estimate of drug-likeness (QED) is 0.896. The molecule has 1 atom stereocenters. The molecule has 98 valence electrons. The van der Waals surface area contributed by atoms with Crippen molar-refractivity contribution in [2.45, 2.75) is 25.3 Å². The first-order valence-electron chi connectivity index (χ1n) is 6.53. The summed E-state index contributed by atoms with van der Waals surface area (Å²) < 4.78 is 5.32. The van der Waals surface area contributed by atoms with Crippen LogP contribution >= 0.6 is 0 Å². The summed E-state index contributed by atoms with van der Waals surface area (Å²) in [5, 5.41) is 0. The van der Waals surface area contributed by atoms with E-state index < -0.39 is 5.54 Å². The minimum Gasteiger partial charge on any atom is -0.497 e. The topological polar surface area (TPSA) is 48.1 Å². The molecule has 3 rings (SSSR count). The molecule has 0 fully saturated rings. The number of hydrogen-bond acceptors (Lipinski definition) is 3. The molecule has 0 radical (unpaired) electrons. The number of nitrogens with two attached hydrogens (primary N) is 1. The highest BCUT2D eigenvalue weighted by atomic mass is 16.5. The van der Waals surface area contributed by atoms with Gasteiger partial charge in [-0.15, -0.1) is 0 Å². The molecule has 1 aromatic heterocycles. The van der Waals surface area contributed by atoms with E-state index in [2.05, 4.69) is 23.2 Å². The Kier molecular flexibility index (Phi) is 2.79. The first-order valence-corrected chi connectivity index (χ1v) is 6.53. The minimum absolute atomic E-state index is 0.440. The molecule has 0 saturated heterocycles. The van der Waals surface area contributed by atoms with Crippen molar-refractivity contribution in [1.82, 2.24) is 4.98 Å². The number of methoxy groups -OCH3 is 1. The van der Waals surface area contributed by atoms with Gasteiger partial charge in [0.05, 0.1) is 12.6 Å². The summed E-state index contributed by atoms with van der Waals surface area (Å²) in [5.74, 6) is 0.857. The third-order valence-corrected chi connectivity index (χ3v) is 4.01. The molecule has 2 aromatic rings. The Morgan fingerprint density at radius 1 is 1.26 bits per heavy atom. The Morgan fingerprint density at radius 2 is 2.11 bits per heavy atom. The molecule has 0 bridgehead atoms. The van der Waals surface area contributed by atoms with Crippen molar-refractivity contribution in [3.05, 3.63) is 58.9 Å². The zero-order chi connectivity index (χ0) is 13.5. The second kappa shape index (κ2) is 4.35. The van der Waals surface area contributed by atoms with E-state index in [1.807, 2.05) is 25.3 Å². The second-order valence-electron chi connectivity index (χ2n) is 5.18. The predicted molar refractivity (Wildman–Crippen MR) is 75.3 cm³/mol. The van der Waals surface area contributed by atoms with Crippen LogP contribution in [-0.2, 0) is 12.0 Å². The van der Waals surface area contributed by atoms with Crippen molar-refractivity contribution in [2.24, 2.45) is 5.73 Å². The van der Waals surface area contributed by atoms with Crippen LogP contribution in [0.15, 0.2) is 36.5 Å². The number of rotatable bonds is 2. The maximum absolute atomic E-state index is 6.67. The molecule has 1 aromatic carbocycles. The van der Waals surface area contributed by atoms with Crippen molar-refractivity contribution in [1.29, 1.82) is 0 Å². The van der Waals surface area contributed by atoms with Gasteiger partial charge in [-0.05, 0) is 54.7 Å². The lowest BCUT2D eigenvalue weighted by atomic mass is 9.86. The molecule has 0 spiro atoms. The summed E-state index contributed by atoms with van der Waals surface area (Å²) in [5.41, 5.74) is 10.8. The number of nitrogens with zero attached hydrogens (tertiary/aromatic N) is 1. The highest BCUT2D eigenvalue weighted by Gasteiger charge is 2.37. The smallest absolute Gasteiger partial charge is 0.119 e. The highest BCUT2D eigenvalue weighted by molar-refractivity contribution is 5.49. The number of pyridine rings is 1. The van der Waals surface area contributed by atoms with Crippen LogP contribution in [-0.4, -0.2) is 12.1 Å². The summed E-state index contributed by atoms with van der Waals surface area (Å²) in [6, 6.07) is 10.3. The summed E-state index contributed by atoms with van der Waals surface area (Å²) in [6.07, 6.45) is 3.81. The van der Waals surface area contributed by atoms with E-state index in [1.54, 1.807) is 7.11 Å². The Bertz CT molecular complexity index is 607. The molecule has 3 heteroatoms. The Morgan fingerprint density at radius 3 is 2.79 bits per heavy atom. The van der Waals surface area contributed by atoms with Gasteiger partial charge in [0.15, 0.2) is 0 Å².